The third kappa shape index (κ3) is 3.57. The van der Waals surface area contributed by atoms with Crippen LogP contribution in [-0.2, 0) is 9.09 Å². The number of benzene rings is 2. The molecular weight excluding hydrogens is 391 g/mol. The first-order chi connectivity index (χ1) is 13.6. The molecule has 0 saturated carbocycles. The lowest BCUT2D eigenvalue weighted by atomic mass is 10.1. The minimum absolute atomic E-state index is 0.129. The molecule has 3 aromatic rings. The van der Waals surface area contributed by atoms with E-state index >= 15 is 0 Å². The highest BCUT2D eigenvalue weighted by Crippen LogP contribution is 2.47. The lowest BCUT2D eigenvalue weighted by Crippen LogP contribution is -2.33. The van der Waals surface area contributed by atoms with E-state index in [0.29, 0.717) is 15.8 Å². The zero-order valence-corrected chi connectivity index (χ0v) is 17.2. The van der Waals surface area contributed by atoms with Gasteiger partial charge in [0.2, 0.25) is 5.55 Å². The number of nitriles is 1. The summed E-state index contributed by atoms with van der Waals surface area (Å²) in [5.74, 6) is 0.289. The molecule has 142 valence electrons. The Kier molecular flexibility index (Phi) is 6.21. The van der Waals surface area contributed by atoms with Crippen LogP contribution in [0.3, 0.4) is 0 Å². The molecule has 1 N–H and O–H groups in total. The fourth-order valence-corrected chi connectivity index (χ4v) is 6.38. The minimum Gasteiger partial charge on any atom is -0.437 e. The average molecular weight is 410 g/mol. The van der Waals surface area contributed by atoms with Crippen molar-refractivity contribution >= 4 is 29.7 Å². The average Bonchev–Trinajstić information content (AvgIpc) is 2.74. The molecule has 1 aromatic heterocycles. The molecule has 0 radical (unpaired) electrons. The van der Waals surface area contributed by atoms with Gasteiger partial charge >= 0.3 is 0 Å². The van der Waals surface area contributed by atoms with Gasteiger partial charge in [-0.1, -0.05) is 48.5 Å². The highest BCUT2D eigenvalue weighted by Gasteiger charge is 2.36. The van der Waals surface area contributed by atoms with E-state index in [1.807, 2.05) is 36.4 Å². The molecule has 0 spiro atoms. The normalized spacial score (nSPS) is 12.9. The van der Waals surface area contributed by atoms with Crippen LogP contribution in [0.5, 0.6) is 0 Å². The molecule has 2 aromatic carbocycles. The first-order valence-electron chi connectivity index (χ1n) is 8.62. The van der Waals surface area contributed by atoms with Crippen LogP contribution >= 0.6 is 19.1 Å². The van der Waals surface area contributed by atoms with Gasteiger partial charge in [0.05, 0.1) is 6.61 Å². The molecule has 0 bridgehead atoms. The van der Waals surface area contributed by atoms with Gasteiger partial charge in [0.25, 0.3) is 7.37 Å². The predicted molar refractivity (Wildman–Crippen MR) is 111 cm³/mol. The van der Waals surface area contributed by atoms with Crippen LogP contribution in [0.1, 0.15) is 12.5 Å². The largest absolute Gasteiger partial charge is 0.437 e. The summed E-state index contributed by atoms with van der Waals surface area (Å²) in [5, 5.41) is 19.0. The zero-order valence-electron chi connectivity index (χ0n) is 15.5. The fraction of sp³-hybridized carbons (Fsp3) is 0.143. The summed E-state index contributed by atoms with van der Waals surface area (Å²) in [5.41, 5.74) is 0.670. The maximum absolute atomic E-state index is 14.0. The minimum atomic E-state index is -3.62. The molecule has 5 nitrogen and oxygen atoms in total. The Labute approximate surface area is 168 Å². The summed E-state index contributed by atoms with van der Waals surface area (Å²) < 4.78 is 25.5. The highest BCUT2D eigenvalue weighted by atomic mass is 32.2. The molecule has 1 atom stereocenters. The summed E-state index contributed by atoms with van der Waals surface area (Å²) in [4.78, 5) is 0.443. The van der Waals surface area contributed by atoms with E-state index in [4.69, 9.17) is 14.4 Å². The highest BCUT2D eigenvalue weighted by molar-refractivity contribution is 7.99. The number of nitrogens with zero attached hydrogens (tertiary/aromatic N) is 1. The third-order valence-corrected chi connectivity index (χ3v) is 7.72. The molecule has 0 aliphatic heterocycles. The van der Waals surface area contributed by atoms with Crippen LogP contribution in [0.15, 0.2) is 70.0 Å². The van der Waals surface area contributed by atoms with Gasteiger partial charge in [0.15, 0.2) is 5.76 Å². The maximum Gasteiger partial charge on any atom is 0.267 e. The Hall–Kier alpha value is -2.58. The van der Waals surface area contributed by atoms with Crippen LogP contribution < -0.4 is 16.2 Å². The molecule has 0 aliphatic rings. The molecule has 0 aliphatic carbocycles. The van der Waals surface area contributed by atoms with Crippen molar-refractivity contribution in [3.63, 3.8) is 0 Å². The number of hydrogen-bond donors (Lipinski definition) is 1. The van der Waals surface area contributed by atoms with Gasteiger partial charge in [-0.25, -0.2) is 0 Å². The van der Waals surface area contributed by atoms with Crippen molar-refractivity contribution in [2.75, 3.05) is 12.9 Å². The number of thioether (sulfide) groups is 1. The molecule has 3 rings (SSSR count). The van der Waals surface area contributed by atoms with Gasteiger partial charge in [0.1, 0.15) is 16.9 Å². The molecule has 0 fully saturated rings. The monoisotopic (exact) mass is 410 g/mol. The standard InChI is InChI=1S/C21H19N2O3PS/c1-3-25-27(24,16-12-8-5-9-13-16)19-20(28-2)17(14-22)18(26-21(19)23)15-10-6-4-7-11-15/h4-13,23H,3H2,1-2H3. The number of nitrogens with one attached hydrogen (secondary N) is 1. The van der Waals surface area contributed by atoms with Crippen LogP contribution in [0.25, 0.3) is 11.3 Å². The van der Waals surface area contributed by atoms with E-state index in [0.717, 1.165) is 0 Å². The summed E-state index contributed by atoms with van der Waals surface area (Å²) in [6.45, 7) is 1.94. The van der Waals surface area contributed by atoms with Crippen LogP contribution in [0.2, 0.25) is 0 Å². The summed E-state index contributed by atoms with van der Waals surface area (Å²) in [7, 11) is -3.62. The number of hydrogen-bond acceptors (Lipinski definition) is 6. The van der Waals surface area contributed by atoms with E-state index in [-0.39, 0.29) is 28.8 Å². The van der Waals surface area contributed by atoms with Crippen LogP contribution in [-0.4, -0.2) is 12.9 Å². The summed E-state index contributed by atoms with van der Waals surface area (Å²) in [6.07, 6.45) is 1.79. The molecule has 28 heavy (non-hydrogen) atoms. The second-order valence-corrected chi connectivity index (χ2v) is 8.94. The van der Waals surface area contributed by atoms with E-state index in [1.165, 1.54) is 11.8 Å². The molecule has 0 saturated heterocycles. The van der Waals surface area contributed by atoms with E-state index in [1.54, 1.807) is 37.4 Å². The molecular formula is C21H19N2O3PS. The molecule has 0 amide bonds. The van der Waals surface area contributed by atoms with Crippen LogP contribution in [0.4, 0.5) is 0 Å². The summed E-state index contributed by atoms with van der Waals surface area (Å²) in [6, 6.07) is 20.1. The lowest BCUT2D eigenvalue weighted by molar-refractivity contribution is 0.346. The molecule has 7 heteroatoms. The van der Waals surface area contributed by atoms with E-state index in [2.05, 4.69) is 6.07 Å². The van der Waals surface area contributed by atoms with Crippen molar-refractivity contribution in [2.45, 2.75) is 11.8 Å². The van der Waals surface area contributed by atoms with Gasteiger partial charge in [-0.3, -0.25) is 9.97 Å². The van der Waals surface area contributed by atoms with Crippen molar-refractivity contribution in [2.24, 2.45) is 0 Å². The number of rotatable bonds is 6. The topological polar surface area (TPSA) is 87.1 Å². The SMILES string of the molecule is CCOP(=O)(c1ccccc1)c1c(SC)c(C#N)c(-c2ccccc2)oc1=N. The van der Waals surface area contributed by atoms with Crippen LogP contribution in [0, 0.1) is 16.7 Å². The Bertz CT molecular complexity index is 1120. The maximum atomic E-state index is 14.0. The second kappa shape index (κ2) is 8.62. The van der Waals surface area contributed by atoms with Gasteiger partial charge in [-0.15, -0.1) is 11.8 Å². The van der Waals surface area contributed by atoms with Crippen molar-refractivity contribution < 1.29 is 13.5 Å². The van der Waals surface area contributed by atoms with Crippen molar-refractivity contribution in [3.05, 3.63) is 71.8 Å². The van der Waals surface area contributed by atoms with Crippen molar-refractivity contribution in [3.8, 4) is 17.4 Å². The Morgan fingerprint density at radius 1 is 1.14 bits per heavy atom. The first-order valence-corrected chi connectivity index (χ1v) is 11.5. The van der Waals surface area contributed by atoms with Gasteiger partial charge in [-0.05, 0) is 25.3 Å². The second-order valence-electron chi connectivity index (χ2n) is 5.80. The molecule has 1 heterocycles. The quantitative estimate of drug-likeness (QED) is 0.484. The smallest absolute Gasteiger partial charge is 0.267 e. The Morgan fingerprint density at radius 3 is 2.29 bits per heavy atom. The van der Waals surface area contributed by atoms with Gasteiger partial charge < -0.3 is 8.94 Å². The summed E-state index contributed by atoms with van der Waals surface area (Å²) >= 11 is 1.26. The van der Waals surface area contributed by atoms with Crippen molar-refractivity contribution in [1.82, 2.24) is 0 Å². The zero-order chi connectivity index (χ0) is 20.1. The lowest BCUT2D eigenvalue weighted by Gasteiger charge is -2.21. The fourth-order valence-electron chi connectivity index (χ4n) is 2.96. The third-order valence-electron chi connectivity index (χ3n) is 4.14. The van der Waals surface area contributed by atoms with Crippen molar-refractivity contribution in [1.29, 1.82) is 10.7 Å². The molecule has 1 unspecified atom stereocenters. The first kappa shape index (κ1) is 20.2. The van der Waals surface area contributed by atoms with E-state index < -0.39 is 7.37 Å². The van der Waals surface area contributed by atoms with E-state index in [9.17, 15) is 9.83 Å². The van der Waals surface area contributed by atoms with Gasteiger partial charge in [-0.2, -0.15) is 5.26 Å². The van der Waals surface area contributed by atoms with Gasteiger partial charge in [0, 0.05) is 15.8 Å². The Morgan fingerprint density at radius 2 is 1.75 bits per heavy atom. The Balaban J connectivity index is 2.37. The predicted octanol–water partition coefficient (Wildman–Crippen LogP) is 4.29.